The van der Waals surface area contributed by atoms with Crippen LogP contribution in [0, 0.1) is 6.92 Å². The summed E-state index contributed by atoms with van der Waals surface area (Å²) in [5.41, 5.74) is 0.684. The van der Waals surface area contributed by atoms with Crippen LogP contribution in [-0.4, -0.2) is 48.2 Å². The number of likely N-dealkylation sites (tertiary alicyclic amines) is 1. The summed E-state index contributed by atoms with van der Waals surface area (Å²) >= 11 is 0. The lowest BCUT2D eigenvalue weighted by Crippen LogP contribution is -2.42. The number of nitrogens with zero attached hydrogens (tertiary/aromatic N) is 2. The van der Waals surface area contributed by atoms with Gasteiger partial charge in [-0.1, -0.05) is 17.7 Å². The van der Waals surface area contributed by atoms with Gasteiger partial charge in [-0.05, 0) is 25.5 Å². The highest BCUT2D eigenvalue weighted by molar-refractivity contribution is 5.91. The number of amides is 1. The molecular weight excluding hydrogens is 296 g/mol. The molecule has 0 spiro atoms. The average molecular weight is 316 g/mol. The molecule has 1 saturated heterocycles. The van der Waals surface area contributed by atoms with E-state index < -0.39 is 5.60 Å². The predicted molar refractivity (Wildman–Crippen MR) is 83.4 cm³/mol. The molecule has 1 unspecified atom stereocenters. The lowest BCUT2D eigenvalue weighted by atomic mass is 10.0. The van der Waals surface area contributed by atoms with Crippen molar-refractivity contribution in [2.45, 2.75) is 18.9 Å². The number of aryl methyl sites for hydroxylation is 1. The largest absolute Gasteiger partial charge is 0.491 e. The SMILES string of the molecule is COC1(COc2ccc(C)cc2)CCN(C(=O)c2cnco2)C1. The van der Waals surface area contributed by atoms with Gasteiger partial charge in [0, 0.05) is 13.7 Å². The molecule has 1 atom stereocenters. The Morgan fingerprint density at radius 1 is 1.39 bits per heavy atom. The van der Waals surface area contributed by atoms with E-state index in [0.717, 1.165) is 12.2 Å². The summed E-state index contributed by atoms with van der Waals surface area (Å²) in [5, 5.41) is 0. The third-order valence-electron chi connectivity index (χ3n) is 4.20. The molecule has 6 nitrogen and oxygen atoms in total. The van der Waals surface area contributed by atoms with Crippen LogP contribution in [0.25, 0.3) is 0 Å². The number of rotatable bonds is 5. The zero-order chi connectivity index (χ0) is 16.3. The topological polar surface area (TPSA) is 64.8 Å². The minimum atomic E-state index is -0.499. The molecule has 1 fully saturated rings. The van der Waals surface area contributed by atoms with Crippen LogP contribution in [0.4, 0.5) is 0 Å². The van der Waals surface area contributed by atoms with Gasteiger partial charge in [0.05, 0.1) is 12.7 Å². The number of ether oxygens (including phenoxy) is 2. The summed E-state index contributed by atoms with van der Waals surface area (Å²) in [4.78, 5) is 17.8. The van der Waals surface area contributed by atoms with Crippen LogP contribution in [-0.2, 0) is 4.74 Å². The van der Waals surface area contributed by atoms with Crippen LogP contribution in [0.5, 0.6) is 5.75 Å². The second-order valence-corrected chi connectivity index (χ2v) is 5.83. The Bertz CT molecular complexity index is 654. The summed E-state index contributed by atoms with van der Waals surface area (Å²) in [7, 11) is 1.65. The highest BCUT2D eigenvalue weighted by atomic mass is 16.5. The van der Waals surface area contributed by atoms with Gasteiger partial charge in [-0.15, -0.1) is 0 Å². The van der Waals surface area contributed by atoms with Crippen molar-refractivity contribution in [2.24, 2.45) is 0 Å². The van der Waals surface area contributed by atoms with E-state index in [-0.39, 0.29) is 11.7 Å². The molecule has 0 N–H and O–H groups in total. The Balaban J connectivity index is 1.63. The Morgan fingerprint density at radius 2 is 2.17 bits per heavy atom. The molecule has 6 heteroatoms. The molecule has 0 aliphatic carbocycles. The third kappa shape index (κ3) is 3.37. The van der Waals surface area contributed by atoms with Gasteiger partial charge in [0.25, 0.3) is 5.91 Å². The van der Waals surface area contributed by atoms with E-state index >= 15 is 0 Å². The quantitative estimate of drug-likeness (QED) is 0.847. The second-order valence-electron chi connectivity index (χ2n) is 5.83. The van der Waals surface area contributed by atoms with Crippen molar-refractivity contribution in [3.8, 4) is 5.75 Å². The fourth-order valence-corrected chi connectivity index (χ4v) is 2.69. The van der Waals surface area contributed by atoms with Crippen molar-refractivity contribution in [1.82, 2.24) is 9.88 Å². The minimum Gasteiger partial charge on any atom is -0.491 e. The van der Waals surface area contributed by atoms with Crippen molar-refractivity contribution in [2.75, 3.05) is 26.8 Å². The molecular formula is C17H20N2O4. The molecule has 2 aromatic rings. The molecule has 1 aromatic carbocycles. The molecule has 23 heavy (non-hydrogen) atoms. The van der Waals surface area contributed by atoms with Crippen molar-refractivity contribution in [3.05, 3.63) is 48.2 Å². The first-order chi connectivity index (χ1) is 11.1. The highest BCUT2D eigenvalue weighted by Gasteiger charge is 2.41. The molecule has 122 valence electrons. The molecule has 1 amide bonds. The lowest BCUT2D eigenvalue weighted by Gasteiger charge is -2.27. The monoisotopic (exact) mass is 316 g/mol. The Kier molecular flexibility index (Phi) is 4.34. The fraction of sp³-hybridized carbons (Fsp3) is 0.412. The van der Waals surface area contributed by atoms with Gasteiger partial charge in [0.1, 0.15) is 18.0 Å². The molecule has 3 rings (SSSR count). The van der Waals surface area contributed by atoms with E-state index in [2.05, 4.69) is 4.98 Å². The normalized spacial score (nSPS) is 20.7. The highest BCUT2D eigenvalue weighted by Crippen LogP contribution is 2.27. The molecule has 0 radical (unpaired) electrons. The summed E-state index contributed by atoms with van der Waals surface area (Å²) in [5.74, 6) is 0.875. The number of hydrogen-bond acceptors (Lipinski definition) is 5. The van der Waals surface area contributed by atoms with E-state index in [1.807, 2.05) is 31.2 Å². The smallest absolute Gasteiger partial charge is 0.291 e. The van der Waals surface area contributed by atoms with Crippen LogP contribution >= 0.6 is 0 Å². The lowest BCUT2D eigenvalue weighted by molar-refractivity contribution is -0.0344. The van der Waals surface area contributed by atoms with Crippen LogP contribution in [0.3, 0.4) is 0 Å². The van der Waals surface area contributed by atoms with Gasteiger partial charge in [-0.25, -0.2) is 4.98 Å². The number of benzene rings is 1. The van der Waals surface area contributed by atoms with Gasteiger partial charge in [0.15, 0.2) is 6.39 Å². The van der Waals surface area contributed by atoms with Crippen molar-refractivity contribution in [1.29, 1.82) is 0 Å². The number of hydrogen-bond donors (Lipinski definition) is 0. The Hall–Kier alpha value is -2.34. The van der Waals surface area contributed by atoms with Crippen molar-refractivity contribution >= 4 is 5.91 Å². The molecule has 1 aromatic heterocycles. The van der Waals surface area contributed by atoms with Gasteiger partial charge < -0.3 is 18.8 Å². The van der Waals surface area contributed by atoms with Gasteiger partial charge in [-0.2, -0.15) is 0 Å². The second kappa shape index (κ2) is 6.42. The number of carbonyl (C=O) groups excluding carboxylic acids is 1. The van der Waals surface area contributed by atoms with Crippen molar-refractivity contribution in [3.63, 3.8) is 0 Å². The Morgan fingerprint density at radius 3 is 2.83 bits per heavy atom. The molecule has 1 aliphatic rings. The molecule has 2 heterocycles. The number of aromatic nitrogens is 1. The molecule has 0 bridgehead atoms. The predicted octanol–water partition coefficient (Wildman–Crippen LogP) is 2.29. The first-order valence-corrected chi connectivity index (χ1v) is 7.54. The number of methoxy groups -OCH3 is 1. The summed E-state index contributed by atoms with van der Waals surface area (Å²) in [6.07, 6.45) is 3.40. The van der Waals surface area contributed by atoms with E-state index in [9.17, 15) is 4.79 Å². The minimum absolute atomic E-state index is 0.170. The van der Waals surface area contributed by atoms with Crippen molar-refractivity contribution < 1.29 is 18.7 Å². The zero-order valence-electron chi connectivity index (χ0n) is 13.3. The van der Waals surface area contributed by atoms with E-state index in [1.54, 1.807) is 12.0 Å². The zero-order valence-corrected chi connectivity index (χ0v) is 13.3. The van der Waals surface area contributed by atoms with E-state index in [0.29, 0.717) is 19.7 Å². The molecule has 1 aliphatic heterocycles. The van der Waals surface area contributed by atoms with Gasteiger partial charge in [-0.3, -0.25) is 4.79 Å². The Labute approximate surface area is 135 Å². The average Bonchev–Trinajstić information content (AvgIpc) is 3.24. The van der Waals surface area contributed by atoms with Gasteiger partial charge in [0.2, 0.25) is 5.76 Å². The van der Waals surface area contributed by atoms with Crippen LogP contribution < -0.4 is 4.74 Å². The maximum absolute atomic E-state index is 12.3. The van der Waals surface area contributed by atoms with E-state index in [4.69, 9.17) is 13.9 Å². The number of carbonyl (C=O) groups is 1. The summed E-state index contributed by atoms with van der Waals surface area (Å²) in [6, 6.07) is 7.88. The summed E-state index contributed by atoms with van der Waals surface area (Å²) in [6.45, 7) is 3.50. The van der Waals surface area contributed by atoms with Crippen LogP contribution in [0.2, 0.25) is 0 Å². The van der Waals surface area contributed by atoms with Crippen LogP contribution in [0.15, 0.2) is 41.3 Å². The van der Waals surface area contributed by atoms with Gasteiger partial charge >= 0.3 is 0 Å². The first-order valence-electron chi connectivity index (χ1n) is 7.54. The fourth-order valence-electron chi connectivity index (χ4n) is 2.69. The van der Waals surface area contributed by atoms with E-state index in [1.165, 1.54) is 18.2 Å². The summed E-state index contributed by atoms with van der Waals surface area (Å²) < 4.78 is 16.6. The number of oxazole rings is 1. The maximum Gasteiger partial charge on any atom is 0.291 e. The third-order valence-corrected chi connectivity index (χ3v) is 4.20. The molecule has 0 saturated carbocycles. The standard InChI is InChI=1S/C17H20N2O4/c1-13-3-5-14(6-4-13)22-11-17(21-2)7-8-19(10-17)16(20)15-9-18-12-23-15/h3-6,9,12H,7-8,10-11H2,1-2H3. The maximum atomic E-state index is 12.3. The van der Waals surface area contributed by atoms with Crippen LogP contribution in [0.1, 0.15) is 22.5 Å². The first kappa shape index (κ1) is 15.6.